The van der Waals surface area contributed by atoms with E-state index in [4.69, 9.17) is 10.1 Å². The number of para-hydroxylation sites is 1. The third-order valence-corrected chi connectivity index (χ3v) is 3.70. The number of oxime groups is 1. The van der Waals surface area contributed by atoms with Crippen LogP contribution in [0.4, 0.5) is 5.69 Å². The summed E-state index contributed by atoms with van der Waals surface area (Å²) in [7, 11) is 0. The van der Waals surface area contributed by atoms with Crippen LogP contribution < -0.4 is 5.32 Å². The van der Waals surface area contributed by atoms with Crippen LogP contribution >= 0.6 is 0 Å². The van der Waals surface area contributed by atoms with Crippen LogP contribution in [-0.2, 0) is 9.63 Å². The quantitative estimate of drug-likeness (QED) is 0.639. The molecule has 0 saturated carbocycles. The number of rotatable bonds is 6. The molecule has 1 atom stereocenters. The van der Waals surface area contributed by atoms with E-state index in [1.807, 2.05) is 30.3 Å². The third kappa shape index (κ3) is 5.18. The van der Waals surface area contributed by atoms with E-state index in [2.05, 4.69) is 24.3 Å². The fourth-order valence-corrected chi connectivity index (χ4v) is 2.12. The smallest absolute Gasteiger partial charge is 0.268 e. The number of nitriles is 1. The van der Waals surface area contributed by atoms with Crippen molar-refractivity contribution in [2.75, 3.05) is 5.32 Å². The lowest BCUT2D eigenvalue weighted by molar-refractivity contribution is -0.126. The molecule has 0 heterocycles. The first-order chi connectivity index (χ1) is 12.0. The van der Waals surface area contributed by atoms with Crippen LogP contribution in [0.15, 0.2) is 53.7 Å². The van der Waals surface area contributed by atoms with Gasteiger partial charge in [0, 0.05) is 0 Å². The van der Waals surface area contributed by atoms with Crippen LogP contribution in [0.5, 0.6) is 0 Å². The Morgan fingerprint density at radius 3 is 2.48 bits per heavy atom. The standard InChI is InChI=1S/C20H21N3O2/c1-14(2)17-10-8-16(9-11-17)13-22-25-15(3)20(24)23-19-7-5-4-6-18(19)12-21/h4-11,13-15H,1-3H3,(H,23,24)/b22-13-/t15-/m0/s1. The third-order valence-electron chi connectivity index (χ3n) is 3.70. The van der Waals surface area contributed by atoms with Crippen LogP contribution in [0.1, 0.15) is 43.4 Å². The van der Waals surface area contributed by atoms with Crippen LogP contribution in [0.2, 0.25) is 0 Å². The highest BCUT2D eigenvalue weighted by Crippen LogP contribution is 2.15. The first-order valence-corrected chi connectivity index (χ1v) is 8.10. The molecule has 0 fully saturated rings. The molecule has 25 heavy (non-hydrogen) atoms. The van der Waals surface area contributed by atoms with Gasteiger partial charge >= 0.3 is 0 Å². The summed E-state index contributed by atoms with van der Waals surface area (Å²) in [6, 6.07) is 16.8. The van der Waals surface area contributed by atoms with Gasteiger partial charge in [0.25, 0.3) is 5.91 Å². The first kappa shape index (κ1) is 18.2. The van der Waals surface area contributed by atoms with Crippen molar-refractivity contribution < 1.29 is 9.63 Å². The summed E-state index contributed by atoms with van der Waals surface area (Å²) in [6.07, 6.45) is 0.787. The molecule has 0 aliphatic carbocycles. The average molecular weight is 335 g/mol. The van der Waals surface area contributed by atoms with Gasteiger partial charge in [0.2, 0.25) is 6.10 Å². The monoisotopic (exact) mass is 335 g/mol. The molecular formula is C20H21N3O2. The van der Waals surface area contributed by atoms with Crippen LogP contribution in [-0.4, -0.2) is 18.2 Å². The molecule has 0 bridgehead atoms. The molecule has 0 aromatic heterocycles. The Labute approximate surface area is 147 Å². The molecule has 0 radical (unpaired) electrons. The summed E-state index contributed by atoms with van der Waals surface area (Å²) in [5.41, 5.74) is 3.00. The Balaban J connectivity index is 1.91. The summed E-state index contributed by atoms with van der Waals surface area (Å²) in [4.78, 5) is 17.3. The van der Waals surface area contributed by atoms with Gasteiger partial charge in [-0.1, -0.05) is 55.4 Å². The minimum atomic E-state index is -0.780. The van der Waals surface area contributed by atoms with Gasteiger partial charge in [-0.2, -0.15) is 5.26 Å². The van der Waals surface area contributed by atoms with Gasteiger partial charge in [0.1, 0.15) is 6.07 Å². The highest BCUT2D eigenvalue weighted by molar-refractivity contribution is 5.95. The second-order valence-electron chi connectivity index (χ2n) is 5.95. The molecule has 2 rings (SSSR count). The normalized spacial score (nSPS) is 12.0. The highest BCUT2D eigenvalue weighted by atomic mass is 16.6. The number of amides is 1. The molecule has 2 aromatic rings. The molecule has 1 N–H and O–H groups in total. The summed E-state index contributed by atoms with van der Waals surface area (Å²) in [5.74, 6) is 0.109. The van der Waals surface area contributed by atoms with Gasteiger partial charge in [-0.15, -0.1) is 0 Å². The fraction of sp³-hybridized carbons (Fsp3) is 0.250. The molecule has 0 aliphatic rings. The Hall–Kier alpha value is -3.13. The Kier molecular flexibility index (Phi) is 6.30. The van der Waals surface area contributed by atoms with Gasteiger partial charge in [-0.3, -0.25) is 4.79 Å². The summed E-state index contributed by atoms with van der Waals surface area (Å²) in [5, 5.41) is 15.6. The van der Waals surface area contributed by atoms with Crippen LogP contribution in [0.25, 0.3) is 0 Å². The number of hydrogen-bond acceptors (Lipinski definition) is 4. The SMILES string of the molecule is CC(C)c1ccc(/C=N\O[C@@H](C)C(=O)Nc2ccccc2C#N)cc1. The Bertz CT molecular complexity index is 789. The van der Waals surface area contributed by atoms with Gasteiger partial charge in [0.05, 0.1) is 17.5 Å². The van der Waals surface area contributed by atoms with E-state index in [1.54, 1.807) is 37.4 Å². The van der Waals surface area contributed by atoms with Crippen molar-refractivity contribution >= 4 is 17.8 Å². The molecule has 5 heteroatoms. The van der Waals surface area contributed by atoms with Gasteiger partial charge in [-0.25, -0.2) is 0 Å². The minimum absolute atomic E-state index is 0.366. The molecule has 0 aliphatic heterocycles. The highest BCUT2D eigenvalue weighted by Gasteiger charge is 2.15. The maximum absolute atomic E-state index is 12.1. The van der Waals surface area contributed by atoms with Crippen molar-refractivity contribution in [2.45, 2.75) is 32.8 Å². The second kappa shape index (κ2) is 8.65. The molecule has 0 saturated heterocycles. The predicted octanol–water partition coefficient (Wildman–Crippen LogP) is 4.06. The zero-order valence-corrected chi connectivity index (χ0v) is 14.6. The topological polar surface area (TPSA) is 74.5 Å². The van der Waals surface area contributed by atoms with Gasteiger partial charge < -0.3 is 10.2 Å². The van der Waals surface area contributed by atoms with E-state index >= 15 is 0 Å². The summed E-state index contributed by atoms with van der Waals surface area (Å²) in [6.45, 7) is 5.87. The summed E-state index contributed by atoms with van der Waals surface area (Å²) < 4.78 is 0. The molecule has 2 aromatic carbocycles. The lowest BCUT2D eigenvalue weighted by Crippen LogP contribution is -2.26. The number of anilines is 1. The van der Waals surface area contributed by atoms with E-state index in [-0.39, 0.29) is 5.91 Å². The van der Waals surface area contributed by atoms with Crippen LogP contribution in [0, 0.1) is 11.3 Å². The number of nitrogens with one attached hydrogen (secondary N) is 1. The molecule has 128 valence electrons. The fourth-order valence-electron chi connectivity index (χ4n) is 2.12. The van der Waals surface area contributed by atoms with Crippen molar-refractivity contribution in [3.05, 3.63) is 65.2 Å². The Morgan fingerprint density at radius 1 is 1.16 bits per heavy atom. The van der Waals surface area contributed by atoms with E-state index in [9.17, 15) is 4.79 Å². The van der Waals surface area contributed by atoms with Crippen molar-refractivity contribution in [3.8, 4) is 6.07 Å². The minimum Gasteiger partial charge on any atom is -0.383 e. The molecule has 1 amide bonds. The number of hydrogen-bond donors (Lipinski definition) is 1. The number of benzene rings is 2. The van der Waals surface area contributed by atoms with E-state index in [0.29, 0.717) is 17.2 Å². The molecule has 5 nitrogen and oxygen atoms in total. The number of nitrogens with zero attached hydrogens (tertiary/aromatic N) is 2. The molecule has 0 spiro atoms. The predicted molar refractivity (Wildman–Crippen MR) is 98.5 cm³/mol. The maximum Gasteiger partial charge on any atom is 0.268 e. The average Bonchev–Trinajstić information content (AvgIpc) is 2.62. The number of carbonyl (C=O) groups is 1. The number of carbonyl (C=O) groups excluding carboxylic acids is 1. The summed E-state index contributed by atoms with van der Waals surface area (Å²) >= 11 is 0. The molecule has 0 unspecified atom stereocenters. The van der Waals surface area contributed by atoms with Crippen molar-refractivity contribution in [1.82, 2.24) is 0 Å². The zero-order chi connectivity index (χ0) is 18.2. The second-order valence-corrected chi connectivity index (χ2v) is 5.95. The van der Waals surface area contributed by atoms with Crippen molar-refractivity contribution in [3.63, 3.8) is 0 Å². The van der Waals surface area contributed by atoms with Gasteiger partial charge in [0.15, 0.2) is 0 Å². The lowest BCUT2D eigenvalue weighted by Gasteiger charge is -2.11. The lowest BCUT2D eigenvalue weighted by atomic mass is 10.0. The van der Waals surface area contributed by atoms with E-state index in [0.717, 1.165) is 5.56 Å². The van der Waals surface area contributed by atoms with E-state index in [1.165, 1.54) is 5.56 Å². The van der Waals surface area contributed by atoms with Crippen molar-refractivity contribution in [2.24, 2.45) is 5.16 Å². The largest absolute Gasteiger partial charge is 0.383 e. The Morgan fingerprint density at radius 2 is 1.84 bits per heavy atom. The molecular weight excluding hydrogens is 314 g/mol. The zero-order valence-electron chi connectivity index (χ0n) is 14.6. The maximum atomic E-state index is 12.1. The first-order valence-electron chi connectivity index (χ1n) is 8.10. The van der Waals surface area contributed by atoms with Gasteiger partial charge in [-0.05, 0) is 36.1 Å². The van der Waals surface area contributed by atoms with E-state index < -0.39 is 6.10 Å². The van der Waals surface area contributed by atoms with Crippen molar-refractivity contribution in [1.29, 1.82) is 5.26 Å². The van der Waals surface area contributed by atoms with Crippen LogP contribution in [0.3, 0.4) is 0 Å².